The summed E-state index contributed by atoms with van der Waals surface area (Å²) in [5.74, 6) is -0.675. The highest BCUT2D eigenvalue weighted by Gasteiger charge is 2.12. The molecular weight excluding hydrogens is 219 g/mol. The van der Waals surface area contributed by atoms with Gasteiger partial charge in [0.1, 0.15) is 4.88 Å². The molecule has 1 aromatic rings. The number of hydrogen-bond donors (Lipinski definition) is 0. The van der Waals surface area contributed by atoms with Crippen LogP contribution in [0.1, 0.15) is 16.6 Å². The fourth-order valence-electron chi connectivity index (χ4n) is 0.560. The molecular formula is C6H4BrFOS. The Bertz CT molecular complexity index is 269. The van der Waals surface area contributed by atoms with E-state index in [1.165, 1.54) is 6.92 Å². The molecule has 0 spiro atoms. The van der Waals surface area contributed by atoms with E-state index in [0.29, 0.717) is 4.47 Å². The van der Waals surface area contributed by atoms with E-state index < -0.39 is 5.82 Å². The summed E-state index contributed by atoms with van der Waals surface area (Å²) in [7, 11) is 0. The molecule has 10 heavy (non-hydrogen) atoms. The first-order chi connectivity index (χ1) is 4.63. The van der Waals surface area contributed by atoms with Crippen LogP contribution < -0.4 is 0 Å². The molecule has 0 aliphatic heterocycles. The maximum Gasteiger partial charge on any atom is 0.172 e. The van der Waals surface area contributed by atoms with Gasteiger partial charge >= 0.3 is 0 Å². The number of hydrogen-bond acceptors (Lipinski definition) is 2. The van der Waals surface area contributed by atoms with Crippen molar-refractivity contribution in [3.63, 3.8) is 0 Å². The summed E-state index contributed by atoms with van der Waals surface area (Å²) >= 11 is 4.08. The average Bonchev–Trinajstić information content (AvgIpc) is 2.14. The minimum atomic E-state index is -0.447. The molecule has 0 aromatic carbocycles. The third kappa shape index (κ3) is 1.27. The Morgan fingerprint density at radius 2 is 2.40 bits per heavy atom. The van der Waals surface area contributed by atoms with E-state index in [-0.39, 0.29) is 10.7 Å². The van der Waals surface area contributed by atoms with Crippen LogP contribution in [0.2, 0.25) is 0 Å². The summed E-state index contributed by atoms with van der Waals surface area (Å²) in [5, 5.41) is 1.56. The van der Waals surface area contributed by atoms with Gasteiger partial charge in [0, 0.05) is 12.3 Å². The van der Waals surface area contributed by atoms with Crippen LogP contribution in [-0.4, -0.2) is 5.78 Å². The number of thiophene rings is 1. The number of Topliss-reactive ketones (excluding diaryl/α,β-unsaturated/α-hetero) is 1. The zero-order valence-electron chi connectivity index (χ0n) is 5.15. The molecule has 0 saturated carbocycles. The lowest BCUT2D eigenvalue weighted by Crippen LogP contribution is -1.89. The molecule has 1 heterocycles. The Morgan fingerprint density at radius 3 is 2.60 bits per heavy atom. The Kier molecular flexibility index (Phi) is 2.21. The topological polar surface area (TPSA) is 17.1 Å². The lowest BCUT2D eigenvalue weighted by molar-refractivity contribution is 0.101. The van der Waals surface area contributed by atoms with Crippen LogP contribution in [0.3, 0.4) is 0 Å². The predicted molar refractivity (Wildman–Crippen MR) is 42.0 cm³/mol. The van der Waals surface area contributed by atoms with Crippen LogP contribution in [0.4, 0.5) is 4.39 Å². The van der Waals surface area contributed by atoms with Gasteiger partial charge in [-0.15, -0.1) is 11.3 Å². The monoisotopic (exact) mass is 222 g/mol. The maximum absolute atomic E-state index is 12.8. The number of rotatable bonds is 1. The van der Waals surface area contributed by atoms with Crippen molar-refractivity contribution in [1.82, 2.24) is 0 Å². The van der Waals surface area contributed by atoms with E-state index in [1.807, 2.05) is 0 Å². The largest absolute Gasteiger partial charge is 0.293 e. The van der Waals surface area contributed by atoms with E-state index in [2.05, 4.69) is 15.9 Å². The average molecular weight is 223 g/mol. The van der Waals surface area contributed by atoms with Crippen molar-refractivity contribution in [3.8, 4) is 0 Å². The van der Waals surface area contributed by atoms with E-state index in [9.17, 15) is 9.18 Å². The summed E-state index contributed by atoms with van der Waals surface area (Å²) < 4.78 is 13.1. The van der Waals surface area contributed by atoms with Crippen molar-refractivity contribution in [1.29, 1.82) is 0 Å². The van der Waals surface area contributed by atoms with E-state index in [4.69, 9.17) is 0 Å². The fourth-order valence-corrected chi connectivity index (χ4v) is 1.87. The van der Waals surface area contributed by atoms with Crippen molar-refractivity contribution in [2.75, 3.05) is 0 Å². The van der Waals surface area contributed by atoms with Gasteiger partial charge in [0.25, 0.3) is 0 Å². The lowest BCUT2D eigenvalue weighted by Gasteiger charge is -1.86. The highest BCUT2D eigenvalue weighted by molar-refractivity contribution is 9.10. The van der Waals surface area contributed by atoms with Crippen molar-refractivity contribution < 1.29 is 9.18 Å². The Morgan fingerprint density at radius 1 is 1.80 bits per heavy atom. The molecule has 0 amide bonds. The summed E-state index contributed by atoms with van der Waals surface area (Å²) in [6.45, 7) is 1.35. The van der Waals surface area contributed by atoms with Gasteiger partial charge in [0.05, 0.1) is 4.47 Å². The first kappa shape index (κ1) is 7.88. The van der Waals surface area contributed by atoms with Crippen LogP contribution in [0.15, 0.2) is 9.85 Å². The molecule has 1 rings (SSSR count). The number of halogens is 2. The van der Waals surface area contributed by atoms with Crippen LogP contribution in [0, 0.1) is 5.82 Å². The molecule has 0 unspecified atom stereocenters. The van der Waals surface area contributed by atoms with Crippen molar-refractivity contribution >= 4 is 33.0 Å². The quantitative estimate of drug-likeness (QED) is 0.669. The predicted octanol–water partition coefficient (Wildman–Crippen LogP) is 2.85. The van der Waals surface area contributed by atoms with Crippen molar-refractivity contribution in [2.24, 2.45) is 0 Å². The van der Waals surface area contributed by atoms with Crippen LogP contribution in [-0.2, 0) is 0 Å². The lowest BCUT2D eigenvalue weighted by atomic mass is 10.3. The van der Waals surface area contributed by atoms with Crippen molar-refractivity contribution in [2.45, 2.75) is 6.92 Å². The second-order valence-electron chi connectivity index (χ2n) is 1.78. The summed E-state index contributed by atoms with van der Waals surface area (Å²) in [6.07, 6.45) is 0. The van der Waals surface area contributed by atoms with E-state index >= 15 is 0 Å². The highest BCUT2D eigenvalue weighted by Crippen LogP contribution is 2.25. The summed E-state index contributed by atoms with van der Waals surface area (Å²) in [4.78, 5) is 10.8. The summed E-state index contributed by atoms with van der Waals surface area (Å²) in [5.41, 5.74) is 0. The Hall–Kier alpha value is -0.220. The second-order valence-corrected chi connectivity index (χ2v) is 3.52. The van der Waals surface area contributed by atoms with Crippen molar-refractivity contribution in [3.05, 3.63) is 20.5 Å². The molecule has 1 aromatic heterocycles. The maximum atomic E-state index is 12.8. The first-order valence-electron chi connectivity index (χ1n) is 2.56. The molecule has 1 nitrogen and oxygen atoms in total. The third-order valence-electron chi connectivity index (χ3n) is 1.01. The van der Waals surface area contributed by atoms with Gasteiger partial charge < -0.3 is 0 Å². The molecule has 0 aliphatic carbocycles. The third-order valence-corrected chi connectivity index (χ3v) is 2.95. The molecule has 0 fully saturated rings. The molecule has 4 heteroatoms. The smallest absolute Gasteiger partial charge is 0.172 e. The standard InChI is InChI=1S/C6H4BrFOS/c1-3(9)6-5(8)4(7)2-10-6/h2H,1H3. The van der Waals surface area contributed by atoms with Gasteiger partial charge in [0.15, 0.2) is 11.6 Å². The number of carbonyl (C=O) groups excluding carboxylic acids is 1. The van der Waals surface area contributed by atoms with Gasteiger partial charge in [-0.05, 0) is 15.9 Å². The normalized spacial score (nSPS) is 9.90. The van der Waals surface area contributed by atoms with E-state index in [1.54, 1.807) is 5.38 Å². The minimum absolute atomic E-state index is 0.187. The van der Waals surface area contributed by atoms with Crippen LogP contribution in [0.5, 0.6) is 0 Å². The van der Waals surface area contributed by atoms with Gasteiger partial charge in [-0.1, -0.05) is 0 Å². The zero-order valence-corrected chi connectivity index (χ0v) is 7.55. The van der Waals surface area contributed by atoms with Crippen LogP contribution >= 0.6 is 27.3 Å². The Labute approximate surface area is 70.0 Å². The van der Waals surface area contributed by atoms with Gasteiger partial charge in [-0.2, -0.15) is 0 Å². The number of ketones is 1. The second kappa shape index (κ2) is 2.80. The molecule has 0 atom stereocenters. The highest BCUT2D eigenvalue weighted by atomic mass is 79.9. The molecule has 0 aliphatic rings. The zero-order chi connectivity index (χ0) is 7.72. The molecule has 0 N–H and O–H groups in total. The SMILES string of the molecule is CC(=O)c1scc(Br)c1F. The minimum Gasteiger partial charge on any atom is -0.293 e. The molecule has 54 valence electrons. The first-order valence-corrected chi connectivity index (χ1v) is 4.23. The van der Waals surface area contributed by atoms with Gasteiger partial charge in [-0.3, -0.25) is 4.79 Å². The Balaban J connectivity index is 3.17. The van der Waals surface area contributed by atoms with Crippen LogP contribution in [0.25, 0.3) is 0 Å². The number of carbonyl (C=O) groups is 1. The molecule has 0 saturated heterocycles. The van der Waals surface area contributed by atoms with Gasteiger partial charge in [0.2, 0.25) is 0 Å². The molecule has 0 bridgehead atoms. The van der Waals surface area contributed by atoms with Gasteiger partial charge in [-0.25, -0.2) is 4.39 Å². The van der Waals surface area contributed by atoms with E-state index in [0.717, 1.165) is 11.3 Å². The fraction of sp³-hybridized carbons (Fsp3) is 0.167. The summed E-state index contributed by atoms with van der Waals surface area (Å²) in [6, 6.07) is 0. The molecule has 0 radical (unpaired) electrons.